The van der Waals surface area contributed by atoms with Crippen molar-refractivity contribution in [3.63, 3.8) is 0 Å². The molecule has 0 spiro atoms. The van der Waals surface area contributed by atoms with Gasteiger partial charge >= 0.3 is 0 Å². The van der Waals surface area contributed by atoms with Crippen molar-refractivity contribution in [3.8, 4) is 0 Å². The summed E-state index contributed by atoms with van der Waals surface area (Å²) in [5.41, 5.74) is 2.71. The van der Waals surface area contributed by atoms with Gasteiger partial charge in [-0.2, -0.15) is 5.10 Å². The number of piperidine rings is 1. The van der Waals surface area contributed by atoms with Gasteiger partial charge in [0.15, 0.2) is 5.69 Å². The molecule has 1 amide bonds. The van der Waals surface area contributed by atoms with Crippen LogP contribution in [0.5, 0.6) is 0 Å². The minimum atomic E-state index is 0.0426. The molecule has 2 aromatic rings. The summed E-state index contributed by atoms with van der Waals surface area (Å²) in [4.78, 5) is 19.0. The van der Waals surface area contributed by atoms with E-state index in [0.717, 1.165) is 49.7 Å². The molecular formula is C18H27N5O2. The van der Waals surface area contributed by atoms with Crippen LogP contribution in [0.4, 0.5) is 0 Å². The van der Waals surface area contributed by atoms with E-state index < -0.39 is 0 Å². The molecule has 0 radical (unpaired) electrons. The van der Waals surface area contributed by atoms with Crippen molar-refractivity contribution in [1.82, 2.24) is 24.2 Å². The number of amides is 1. The molecule has 1 aliphatic heterocycles. The molecule has 1 saturated heterocycles. The molecule has 136 valence electrons. The first-order valence-electron chi connectivity index (χ1n) is 8.79. The lowest BCUT2D eigenvalue weighted by Gasteiger charge is -2.32. The maximum atomic E-state index is 12.6. The molecule has 0 aromatic carbocycles. The number of aryl methyl sites for hydroxylation is 3. The summed E-state index contributed by atoms with van der Waals surface area (Å²) in [6.45, 7) is 7.08. The number of hydrogen-bond acceptors (Lipinski definition) is 4. The van der Waals surface area contributed by atoms with Gasteiger partial charge in [-0.25, -0.2) is 4.98 Å². The van der Waals surface area contributed by atoms with Crippen LogP contribution in [0, 0.1) is 19.8 Å². The molecule has 0 aliphatic carbocycles. The largest absolute Gasteiger partial charge is 0.377 e. The van der Waals surface area contributed by atoms with Gasteiger partial charge in [0.25, 0.3) is 5.91 Å². The fraction of sp³-hybridized carbons (Fsp3) is 0.611. The molecule has 3 rings (SSSR count). The summed E-state index contributed by atoms with van der Waals surface area (Å²) in [7, 11) is 3.56. The number of methoxy groups -OCH3 is 1. The molecule has 0 saturated carbocycles. The summed E-state index contributed by atoms with van der Waals surface area (Å²) in [6.07, 6.45) is 3.90. The van der Waals surface area contributed by atoms with E-state index in [1.54, 1.807) is 11.8 Å². The number of hydrogen-bond donors (Lipinski definition) is 0. The fourth-order valence-electron chi connectivity index (χ4n) is 3.41. The van der Waals surface area contributed by atoms with Crippen LogP contribution in [-0.4, -0.2) is 50.3 Å². The van der Waals surface area contributed by atoms with Crippen LogP contribution < -0.4 is 0 Å². The smallest absolute Gasteiger partial charge is 0.274 e. The highest BCUT2D eigenvalue weighted by Crippen LogP contribution is 2.22. The van der Waals surface area contributed by atoms with Crippen molar-refractivity contribution in [2.24, 2.45) is 13.0 Å². The first-order chi connectivity index (χ1) is 12.0. The third kappa shape index (κ3) is 3.76. The summed E-state index contributed by atoms with van der Waals surface area (Å²) < 4.78 is 9.23. The molecule has 1 fully saturated rings. The lowest BCUT2D eigenvalue weighted by atomic mass is 9.96. The molecule has 1 aliphatic rings. The van der Waals surface area contributed by atoms with Gasteiger partial charge in [-0.1, -0.05) is 0 Å². The Morgan fingerprint density at radius 3 is 2.60 bits per heavy atom. The number of carbonyl (C=O) groups is 1. The number of rotatable bonds is 5. The van der Waals surface area contributed by atoms with E-state index >= 15 is 0 Å². The van der Waals surface area contributed by atoms with E-state index in [4.69, 9.17) is 4.74 Å². The minimum absolute atomic E-state index is 0.0426. The quantitative estimate of drug-likeness (QED) is 0.831. The minimum Gasteiger partial charge on any atom is -0.377 e. The third-order valence-corrected chi connectivity index (χ3v) is 5.09. The molecule has 0 bridgehead atoms. The molecule has 7 heteroatoms. The molecule has 7 nitrogen and oxygen atoms in total. The number of imidazole rings is 1. The number of likely N-dealkylation sites (tertiary alicyclic amines) is 1. The van der Waals surface area contributed by atoms with E-state index in [9.17, 15) is 4.79 Å². The second-order valence-electron chi connectivity index (χ2n) is 6.89. The average molecular weight is 345 g/mol. The Bertz CT molecular complexity index is 721. The highest BCUT2D eigenvalue weighted by Gasteiger charge is 2.26. The van der Waals surface area contributed by atoms with Crippen LogP contribution in [0.25, 0.3) is 0 Å². The average Bonchev–Trinajstić information content (AvgIpc) is 3.12. The van der Waals surface area contributed by atoms with Crippen LogP contribution in [0.3, 0.4) is 0 Å². The fourth-order valence-corrected chi connectivity index (χ4v) is 3.41. The third-order valence-electron chi connectivity index (χ3n) is 5.09. The van der Waals surface area contributed by atoms with E-state index in [1.165, 1.54) is 0 Å². The lowest BCUT2D eigenvalue weighted by molar-refractivity contribution is 0.0674. The zero-order valence-corrected chi connectivity index (χ0v) is 15.5. The monoisotopic (exact) mass is 345 g/mol. The summed E-state index contributed by atoms with van der Waals surface area (Å²) in [6, 6.07) is 1.86. The SMILES string of the molecule is COCc1ncc(C)n1CC1CCN(C(=O)c2cc(C)n(C)n2)CC1. The van der Waals surface area contributed by atoms with Gasteiger partial charge in [0.2, 0.25) is 0 Å². The van der Waals surface area contributed by atoms with Crippen molar-refractivity contribution in [3.05, 3.63) is 35.2 Å². The first-order valence-corrected chi connectivity index (χ1v) is 8.79. The molecule has 0 N–H and O–H groups in total. The highest BCUT2D eigenvalue weighted by molar-refractivity contribution is 5.92. The van der Waals surface area contributed by atoms with Gasteiger partial charge in [0.05, 0.1) is 0 Å². The molecule has 3 heterocycles. The Balaban J connectivity index is 1.59. The lowest BCUT2D eigenvalue weighted by Crippen LogP contribution is -2.39. The van der Waals surface area contributed by atoms with Crippen LogP contribution in [0.15, 0.2) is 12.3 Å². The number of carbonyl (C=O) groups excluding carboxylic acids is 1. The molecule has 2 aromatic heterocycles. The van der Waals surface area contributed by atoms with Gasteiger partial charge in [0.1, 0.15) is 12.4 Å². The Labute approximate surface area is 148 Å². The Morgan fingerprint density at radius 1 is 1.28 bits per heavy atom. The van der Waals surface area contributed by atoms with Crippen molar-refractivity contribution < 1.29 is 9.53 Å². The van der Waals surface area contributed by atoms with Crippen LogP contribution in [0.2, 0.25) is 0 Å². The van der Waals surface area contributed by atoms with E-state index in [-0.39, 0.29) is 5.91 Å². The number of nitrogens with zero attached hydrogens (tertiary/aromatic N) is 5. The maximum Gasteiger partial charge on any atom is 0.274 e. The van der Waals surface area contributed by atoms with Gasteiger partial charge in [0, 0.05) is 51.4 Å². The van der Waals surface area contributed by atoms with Crippen LogP contribution >= 0.6 is 0 Å². The molecular weight excluding hydrogens is 318 g/mol. The second kappa shape index (κ2) is 7.39. The van der Waals surface area contributed by atoms with Crippen molar-refractivity contribution in [1.29, 1.82) is 0 Å². The standard InChI is InChI=1S/C18H27N5O2/c1-13-9-16(20-21(13)3)18(24)22-7-5-15(6-8-22)11-23-14(2)10-19-17(23)12-25-4/h9-10,15H,5-8,11-12H2,1-4H3. The Morgan fingerprint density at radius 2 is 2.00 bits per heavy atom. The topological polar surface area (TPSA) is 65.2 Å². The number of aromatic nitrogens is 4. The maximum absolute atomic E-state index is 12.6. The highest BCUT2D eigenvalue weighted by atomic mass is 16.5. The van der Waals surface area contributed by atoms with Crippen molar-refractivity contribution in [2.75, 3.05) is 20.2 Å². The first kappa shape index (κ1) is 17.7. The summed E-state index contributed by atoms with van der Waals surface area (Å²) in [5.74, 6) is 1.57. The van der Waals surface area contributed by atoms with E-state index in [2.05, 4.69) is 21.6 Å². The summed E-state index contributed by atoms with van der Waals surface area (Å²) in [5, 5.41) is 4.31. The molecule has 0 atom stereocenters. The normalized spacial score (nSPS) is 15.8. The predicted molar refractivity (Wildman–Crippen MR) is 94.2 cm³/mol. The Hall–Kier alpha value is -2.15. The second-order valence-corrected chi connectivity index (χ2v) is 6.89. The van der Waals surface area contributed by atoms with Gasteiger partial charge in [-0.05, 0) is 38.7 Å². The van der Waals surface area contributed by atoms with Gasteiger partial charge < -0.3 is 14.2 Å². The van der Waals surface area contributed by atoms with Gasteiger partial charge in [-0.15, -0.1) is 0 Å². The zero-order chi connectivity index (χ0) is 18.0. The van der Waals surface area contributed by atoms with E-state index in [0.29, 0.717) is 18.2 Å². The van der Waals surface area contributed by atoms with E-state index in [1.807, 2.05) is 31.1 Å². The van der Waals surface area contributed by atoms with Crippen molar-refractivity contribution in [2.45, 2.75) is 39.8 Å². The zero-order valence-electron chi connectivity index (χ0n) is 15.5. The summed E-state index contributed by atoms with van der Waals surface area (Å²) >= 11 is 0. The number of ether oxygens (including phenoxy) is 1. The van der Waals surface area contributed by atoms with Crippen LogP contribution in [-0.2, 0) is 24.9 Å². The Kier molecular flexibility index (Phi) is 5.22. The predicted octanol–water partition coefficient (Wildman–Crippen LogP) is 1.93. The van der Waals surface area contributed by atoms with Gasteiger partial charge in [-0.3, -0.25) is 9.48 Å². The van der Waals surface area contributed by atoms with Crippen molar-refractivity contribution >= 4 is 5.91 Å². The molecule has 25 heavy (non-hydrogen) atoms. The molecule has 0 unspecified atom stereocenters. The van der Waals surface area contributed by atoms with Crippen LogP contribution in [0.1, 0.15) is 40.5 Å².